The van der Waals surface area contributed by atoms with Crippen molar-refractivity contribution in [2.45, 2.75) is 33.1 Å². The normalized spacial score (nSPS) is 11.2. The SMILES string of the molecule is C/C=C/Oc1ccc(CCCc2ccc(O/C=C/C)cc2)cc1. The molecule has 0 atom stereocenters. The van der Waals surface area contributed by atoms with Crippen molar-refractivity contribution in [2.24, 2.45) is 0 Å². The maximum atomic E-state index is 5.43. The summed E-state index contributed by atoms with van der Waals surface area (Å²) in [5, 5.41) is 0. The van der Waals surface area contributed by atoms with Crippen LogP contribution < -0.4 is 9.47 Å². The van der Waals surface area contributed by atoms with E-state index in [0.29, 0.717) is 0 Å². The summed E-state index contributed by atoms with van der Waals surface area (Å²) in [7, 11) is 0. The number of benzene rings is 2. The molecule has 2 aromatic carbocycles. The van der Waals surface area contributed by atoms with Crippen LogP contribution in [0.1, 0.15) is 31.4 Å². The maximum absolute atomic E-state index is 5.43. The van der Waals surface area contributed by atoms with Gasteiger partial charge >= 0.3 is 0 Å². The zero-order valence-electron chi connectivity index (χ0n) is 13.9. The highest BCUT2D eigenvalue weighted by Crippen LogP contribution is 2.16. The van der Waals surface area contributed by atoms with E-state index in [1.165, 1.54) is 11.1 Å². The van der Waals surface area contributed by atoms with Crippen molar-refractivity contribution in [1.82, 2.24) is 0 Å². The largest absolute Gasteiger partial charge is 0.465 e. The molecule has 0 aliphatic rings. The first-order valence-electron chi connectivity index (χ1n) is 8.05. The Balaban J connectivity index is 1.78. The van der Waals surface area contributed by atoms with E-state index in [9.17, 15) is 0 Å². The average Bonchev–Trinajstić information content (AvgIpc) is 2.60. The van der Waals surface area contributed by atoms with E-state index < -0.39 is 0 Å². The number of ether oxygens (including phenoxy) is 2. The van der Waals surface area contributed by atoms with Crippen LogP contribution >= 0.6 is 0 Å². The number of hydrogen-bond donors (Lipinski definition) is 0. The zero-order chi connectivity index (χ0) is 16.3. The fourth-order valence-electron chi connectivity index (χ4n) is 2.26. The van der Waals surface area contributed by atoms with Crippen molar-refractivity contribution in [3.63, 3.8) is 0 Å². The lowest BCUT2D eigenvalue weighted by Gasteiger charge is -2.05. The molecule has 0 aromatic heterocycles. The van der Waals surface area contributed by atoms with Crippen LogP contribution in [0.15, 0.2) is 73.2 Å². The van der Waals surface area contributed by atoms with Gasteiger partial charge in [0.1, 0.15) is 11.5 Å². The predicted molar refractivity (Wildman–Crippen MR) is 95.8 cm³/mol. The van der Waals surface area contributed by atoms with Crippen molar-refractivity contribution < 1.29 is 9.47 Å². The van der Waals surface area contributed by atoms with Gasteiger partial charge in [0.05, 0.1) is 12.5 Å². The number of allylic oxidation sites excluding steroid dienone is 2. The highest BCUT2D eigenvalue weighted by molar-refractivity contribution is 5.29. The minimum atomic E-state index is 0.878. The molecule has 2 nitrogen and oxygen atoms in total. The van der Waals surface area contributed by atoms with Crippen molar-refractivity contribution in [3.8, 4) is 11.5 Å². The molecule has 2 heteroatoms. The smallest absolute Gasteiger partial charge is 0.126 e. The van der Waals surface area contributed by atoms with E-state index >= 15 is 0 Å². The van der Waals surface area contributed by atoms with Crippen LogP contribution in [0, 0.1) is 0 Å². The quantitative estimate of drug-likeness (QED) is 0.583. The topological polar surface area (TPSA) is 18.5 Å². The molecule has 0 fully saturated rings. The van der Waals surface area contributed by atoms with E-state index in [1.807, 2.05) is 50.3 Å². The first-order chi connectivity index (χ1) is 11.3. The maximum Gasteiger partial charge on any atom is 0.126 e. The summed E-state index contributed by atoms with van der Waals surface area (Å²) >= 11 is 0. The lowest BCUT2D eigenvalue weighted by atomic mass is 10.0. The van der Waals surface area contributed by atoms with Crippen molar-refractivity contribution >= 4 is 0 Å². The molecule has 23 heavy (non-hydrogen) atoms. The molecule has 0 bridgehead atoms. The van der Waals surface area contributed by atoms with E-state index in [-0.39, 0.29) is 0 Å². The van der Waals surface area contributed by atoms with Gasteiger partial charge < -0.3 is 9.47 Å². The summed E-state index contributed by atoms with van der Waals surface area (Å²) in [4.78, 5) is 0. The number of rotatable bonds is 8. The molecule has 0 N–H and O–H groups in total. The Morgan fingerprint density at radius 2 is 1.04 bits per heavy atom. The Labute approximate surface area is 139 Å². The second kappa shape index (κ2) is 9.52. The third kappa shape index (κ3) is 6.03. The standard InChI is InChI=1S/C21H24O2/c1-3-16-22-20-12-8-18(9-13-20)6-5-7-19-10-14-21(15-11-19)23-17-4-2/h3-4,8-17H,5-7H2,1-2H3/b16-3+,17-4+. The Bertz CT molecular complexity index is 564. The van der Waals surface area contributed by atoms with Crippen LogP contribution in [0.2, 0.25) is 0 Å². The molecular formula is C21H24O2. The van der Waals surface area contributed by atoms with Crippen LogP contribution in [-0.4, -0.2) is 0 Å². The molecule has 0 saturated heterocycles. The highest BCUT2D eigenvalue weighted by Gasteiger charge is 1.98. The van der Waals surface area contributed by atoms with Gasteiger partial charge in [0, 0.05) is 0 Å². The van der Waals surface area contributed by atoms with Crippen LogP contribution in [-0.2, 0) is 12.8 Å². The molecule has 0 unspecified atom stereocenters. The van der Waals surface area contributed by atoms with Gasteiger partial charge in [-0.3, -0.25) is 0 Å². The van der Waals surface area contributed by atoms with Crippen molar-refractivity contribution in [2.75, 3.05) is 0 Å². The molecular weight excluding hydrogens is 284 g/mol. The van der Waals surface area contributed by atoms with Crippen molar-refractivity contribution in [1.29, 1.82) is 0 Å². The predicted octanol–water partition coefficient (Wildman–Crippen LogP) is 5.69. The molecule has 2 aromatic rings. The van der Waals surface area contributed by atoms with Gasteiger partial charge in [0.15, 0.2) is 0 Å². The van der Waals surface area contributed by atoms with Crippen LogP contribution in [0.3, 0.4) is 0 Å². The molecule has 0 aliphatic carbocycles. The van der Waals surface area contributed by atoms with Gasteiger partial charge in [-0.15, -0.1) is 0 Å². The van der Waals surface area contributed by atoms with Crippen LogP contribution in [0.25, 0.3) is 0 Å². The monoisotopic (exact) mass is 308 g/mol. The molecule has 0 radical (unpaired) electrons. The summed E-state index contributed by atoms with van der Waals surface area (Å²) in [6, 6.07) is 16.6. The fraction of sp³-hybridized carbons (Fsp3) is 0.238. The lowest BCUT2D eigenvalue weighted by Crippen LogP contribution is -1.91. The molecule has 0 heterocycles. The Morgan fingerprint density at radius 1 is 0.652 bits per heavy atom. The molecule has 0 saturated carbocycles. The third-order valence-electron chi connectivity index (χ3n) is 3.46. The van der Waals surface area contributed by atoms with E-state index in [0.717, 1.165) is 30.8 Å². The second-order valence-electron chi connectivity index (χ2n) is 5.32. The molecule has 120 valence electrons. The van der Waals surface area contributed by atoms with Crippen LogP contribution in [0.4, 0.5) is 0 Å². The van der Waals surface area contributed by atoms with Gasteiger partial charge in [-0.1, -0.05) is 36.4 Å². The fourth-order valence-corrected chi connectivity index (χ4v) is 2.26. The lowest BCUT2D eigenvalue weighted by molar-refractivity contribution is 0.480. The minimum Gasteiger partial charge on any atom is -0.465 e. The van der Waals surface area contributed by atoms with Gasteiger partial charge in [0.25, 0.3) is 0 Å². The molecule has 2 rings (SSSR count). The Kier molecular flexibility index (Phi) is 6.99. The van der Waals surface area contributed by atoms with Crippen molar-refractivity contribution in [3.05, 3.63) is 84.3 Å². The molecule has 0 amide bonds. The summed E-state index contributed by atoms with van der Waals surface area (Å²) in [5.74, 6) is 1.76. The number of aryl methyl sites for hydroxylation is 2. The summed E-state index contributed by atoms with van der Waals surface area (Å²) < 4.78 is 10.9. The summed E-state index contributed by atoms with van der Waals surface area (Å²) in [6.45, 7) is 3.88. The molecule has 0 aliphatic heterocycles. The molecule has 0 spiro atoms. The van der Waals surface area contributed by atoms with E-state index in [1.54, 1.807) is 12.5 Å². The average molecular weight is 308 g/mol. The van der Waals surface area contributed by atoms with E-state index in [4.69, 9.17) is 9.47 Å². The summed E-state index contributed by atoms with van der Waals surface area (Å²) in [6.07, 6.45) is 10.4. The van der Waals surface area contributed by atoms with Gasteiger partial charge in [-0.25, -0.2) is 0 Å². The van der Waals surface area contributed by atoms with Crippen LogP contribution in [0.5, 0.6) is 11.5 Å². The van der Waals surface area contributed by atoms with Gasteiger partial charge in [-0.2, -0.15) is 0 Å². The summed E-state index contributed by atoms with van der Waals surface area (Å²) in [5.41, 5.74) is 2.68. The minimum absolute atomic E-state index is 0.878. The van der Waals surface area contributed by atoms with Gasteiger partial charge in [0.2, 0.25) is 0 Å². The van der Waals surface area contributed by atoms with E-state index in [2.05, 4.69) is 24.3 Å². The third-order valence-corrected chi connectivity index (χ3v) is 3.46. The Morgan fingerprint density at radius 3 is 1.39 bits per heavy atom. The number of hydrogen-bond acceptors (Lipinski definition) is 2. The second-order valence-corrected chi connectivity index (χ2v) is 5.32. The first-order valence-corrected chi connectivity index (χ1v) is 8.05. The zero-order valence-corrected chi connectivity index (χ0v) is 13.9. The van der Waals surface area contributed by atoms with Gasteiger partial charge in [-0.05, 0) is 68.5 Å². The highest BCUT2D eigenvalue weighted by atomic mass is 16.5. The first kappa shape index (κ1) is 16.9. The Hall–Kier alpha value is -2.48.